The van der Waals surface area contributed by atoms with E-state index in [1.165, 1.54) is 11.8 Å². The summed E-state index contributed by atoms with van der Waals surface area (Å²) >= 11 is 7.47. The fourth-order valence-electron chi connectivity index (χ4n) is 3.33. The molecule has 2 heterocycles. The number of fused-ring (bicyclic) bond motifs is 1. The topological polar surface area (TPSA) is 104 Å². The highest BCUT2D eigenvalue weighted by molar-refractivity contribution is 7.98. The lowest BCUT2D eigenvalue weighted by molar-refractivity contribution is -0.123. The summed E-state index contributed by atoms with van der Waals surface area (Å²) in [5, 5.41) is 6.29. The minimum Gasteiger partial charge on any atom is -0.325 e. The van der Waals surface area contributed by atoms with E-state index >= 15 is 0 Å². The molecule has 7 nitrogen and oxygen atoms in total. The first-order chi connectivity index (χ1) is 14.9. The van der Waals surface area contributed by atoms with Gasteiger partial charge in [-0.3, -0.25) is 14.4 Å². The van der Waals surface area contributed by atoms with Gasteiger partial charge in [-0.2, -0.15) is 0 Å². The number of nitrogens with zero attached hydrogens (tertiary/aromatic N) is 1. The summed E-state index contributed by atoms with van der Waals surface area (Å²) in [6, 6.07) is 14.9. The van der Waals surface area contributed by atoms with E-state index in [9.17, 15) is 14.4 Å². The number of H-pyrrole nitrogens is 1. The Kier molecular flexibility index (Phi) is 6.11. The van der Waals surface area contributed by atoms with Crippen molar-refractivity contribution in [2.75, 3.05) is 10.6 Å². The van der Waals surface area contributed by atoms with Gasteiger partial charge < -0.3 is 15.6 Å². The smallest absolute Gasteiger partial charge is 0.257 e. The third-order valence-electron chi connectivity index (χ3n) is 4.99. The van der Waals surface area contributed by atoms with E-state index in [1.807, 2.05) is 30.3 Å². The molecule has 0 fully saturated rings. The minimum atomic E-state index is -0.952. The van der Waals surface area contributed by atoms with Crippen molar-refractivity contribution in [2.24, 2.45) is 0 Å². The maximum Gasteiger partial charge on any atom is 0.257 e. The summed E-state index contributed by atoms with van der Waals surface area (Å²) in [4.78, 5) is 45.2. The van der Waals surface area contributed by atoms with Crippen molar-refractivity contribution in [2.45, 2.75) is 30.2 Å². The third-order valence-corrected chi connectivity index (χ3v) is 6.34. The van der Waals surface area contributed by atoms with Crippen LogP contribution in [-0.2, 0) is 15.3 Å². The molecule has 0 spiro atoms. The SMILES string of the molecule is Cc1c(Cl)cccc1NC(=O)[C@@H]1CC(=O)Nc2nc(SCc3ccccc3)[nH]c(=O)c21. The fourth-order valence-corrected chi connectivity index (χ4v) is 4.32. The average Bonchev–Trinajstić information content (AvgIpc) is 2.75. The summed E-state index contributed by atoms with van der Waals surface area (Å²) in [5.41, 5.74) is 2.03. The Morgan fingerprint density at radius 3 is 2.74 bits per heavy atom. The van der Waals surface area contributed by atoms with Gasteiger partial charge in [-0.15, -0.1) is 0 Å². The highest BCUT2D eigenvalue weighted by Crippen LogP contribution is 2.32. The molecule has 1 aromatic heterocycles. The largest absolute Gasteiger partial charge is 0.325 e. The Bertz CT molecular complexity index is 1210. The van der Waals surface area contributed by atoms with Crippen molar-refractivity contribution in [1.82, 2.24) is 9.97 Å². The molecule has 2 amide bonds. The normalized spacial score (nSPS) is 15.2. The summed E-state index contributed by atoms with van der Waals surface area (Å²) in [6.07, 6.45) is -0.139. The molecule has 0 radical (unpaired) electrons. The molecule has 0 aliphatic carbocycles. The molecular formula is C22H19ClN4O3S. The Hall–Kier alpha value is -3.10. The van der Waals surface area contributed by atoms with Crippen molar-refractivity contribution in [3.05, 3.63) is 80.6 Å². The Morgan fingerprint density at radius 1 is 1.19 bits per heavy atom. The molecule has 31 heavy (non-hydrogen) atoms. The molecule has 3 N–H and O–H groups in total. The molecular weight excluding hydrogens is 436 g/mol. The minimum absolute atomic E-state index is 0.124. The van der Waals surface area contributed by atoms with Gasteiger partial charge in [0.1, 0.15) is 5.82 Å². The number of rotatable bonds is 5. The van der Waals surface area contributed by atoms with E-state index in [0.717, 1.165) is 5.56 Å². The number of aromatic nitrogens is 2. The Balaban J connectivity index is 1.60. The standard InChI is InChI=1S/C22H19ClN4O3S/c1-12-15(23)8-5-9-16(12)24-20(29)14-10-17(28)25-19-18(14)21(30)27-22(26-19)31-11-13-6-3-2-4-7-13/h2-9,14H,10-11H2,1H3,(H,24,29)(H2,25,26,27,28,30)/t14-/m1/s1. The Morgan fingerprint density at radius 2 is 1.97 bits per heavy atom. The zero-order chi connectivity index (χ0) is 22.0. The van der Waals surface area contributed by atoms with E-state index in [-0.39, 0.29) is 23.7 Å². The van der Waals surface area contributed by atoms with Crippen LogP contribution in [0, 0.1) is 6.92 Å². The van der Waals surface area contributed by atoms with E-state index in [2.05, 4.69) is 20.6 Å². The second kappa shape index (κ2) is 8.95. The van der Waals surface area contributed by atoms with Gasteiger partial charge in [-0.05, 0) is 30.2 Å². The Labute approximate surface area is 187 Å². The molecule has 0 unspecified atom stereocenters. The van der Waals surface area contributed by atoms with Crippen LogP contribution < -0.4 is 16.2 Å². The molecule has 1 atom stereocenters. The van der Waals surface area contributed by atoms with Crippen LogP contribution >= 0.6 is 23.4 Å². The maximum absolute atomic E-state index is 13.0. The fraction of sp³-hybridized carbons (Fsp3) is 0.182. The van der Waals surface area contributed by atoms with Gasteiger partial charge >= 0.3 is 0 Å². The molecule has 1 aliphatic heterocycles. The number of thioether (sulfide) groups is 1. The lowest BCUT2D eigenvalue weighted by Crippen LogP contribution is -2.36. The summed E-state index contributed by atoms with van der Waals surface area (Å²) < 4.78 is 0. The second-order valence-electron chi connectivity index (χ2n) is 7.11. The number of hydrogen-bond donors (Lipinski definition) is 3. The van der Waals surface area contributed by atoms with Gasteiger partial charge in [-0.1, -0.05) is 59.8 Å². The number of carbonyl (C=O) groups is 2. The molecule has 9 heteroatoms. The van der Waals surface area contributed by atoms with Gasteiger partial charge in [0.15, 0.2) is 5.16 Å². The quantitative estimate of drug-likeness (QED) is 0.398. The van der Waals surface area contributed by atoms with E-state index in [1.54, 1.807) is 25.1 Å². The van der Waals surface area contributed by atoms with Crippen LogP contribution in [0.5, 0.6) is 0 Å². The first-order valence-electron chi connectivity index (χ1n) is 9.59. The number of aromatic amines is 1. The highest BCUT2D eigenvalue weighted by Gasteiger charge is 2.35. The van der Waals surface area contributed by atoms with Gasteiger partial charge in [0.25, 0.3) is 5.56 Å². The third kappa shape index (κ3) is 4.65. The molecule has 3 aromatic rings. The zero-order valence-corrected chi connectivity index (χ0v) is 18.1. The van der Waals surface area contributed by atoms with Gasteiger partial charge in [-0.25, -0.2) is 4.98 Å². The maximum atomic E-state index is 13.0. The van der Waals surface area contributed by atoms with Gasteiger partial charge in [0.05, 0.1) is 11.5 Å². The van der Waals surface area contributed by atoms with Crippen molar-refractivity contribution in [3.63, 3.8) is 0 Å². The lowest BCUT2D eigenvalue weighted by atomic mass is 9.92. The van der Waals surface area contributed by atoms with Crippen LogP contribution in [0.3, 0.4) is 0 Å². The first-order valence-corrected chi connectivity index (χ1v) is 11.0. The predicted octanol–water partition coefficient (Wildman–Crippen LogP) is 4.09. The number of carbonyl (C=O) groups excluding carboxylic acids is 2. The van der Waals surface area contributed by atoms with Crippen molar-refractivity contribution >= 4 is 46.7 Å². The molecule has 0 saturated heterocycles. The van der Waals surface area contributed by atoms with Crippen molar-refractivity contribution in [3.8, 4) is 0 Å². The van der Waals surface area contributed by atoms with Crippen LogP contribution in [-0.4, -0.2) is 21.8 Å². The van der Waals surface area contributed by atoms with Crippen molar-refractivity contribution in [1.29, 1.82) is 0 Å². The van der Waals surface area contributed by atoms with Crippen LogP contribution in [0.15, 0.2) is 58.5 Å². The lowest BCUT2D eigenvalue weighted by Gasteiger charge is -2.24. The average molecular weight is 455 g/mol. The summed E-state index contributed by atoms with van der Waals surface area (Å²) in [6.45, 7) is 1.78. The molecule has 158 valence electrons. The number of hydrogen-bond acceptors (Lipinski definition) is 5. The number of anilines is 2. The highest BCUT2D eigenvalue weighted by atomic mass is 35.5. The summed E-state index contributed by atoms with van der Waals surface area (Å²) in [5.74, 6) is -1.05. The number of halogens is 1. The summed E-state index contributed by atoms with van der Waals surface area (Å²) in [7, 11) is 0. The van der Waals surface area contributed by atoms with E-state index in [4.69, 9.17) is 11.6 Å². The molecule has 2 aromatic carbocycles. The van der Waals surface area contributed by atoms with E-state index in [0.29, 0.717) is 27.2 Å². The first kappa shape index (κ1) is 21.1. The van der Waals surface area contributed by atoms with Crippen LogP contribution in [0.1, 0.15) is 29.0 Å². The number of benzene rings is 2. The number of amides is 2. The zero-order valence-electron chi connectivity index (χ0n) is 16.6. The second-order valence-corrected chi connectivity index (χ2v) is 8.49. The molecule has 1 aliphatic rings. The van der Waals surface area contributed by atoms with Crippen LogP contribution in [0.4, 0.5) is 11.5 Å². The van der Waals surface area contributed by atoms with Crippen molar-refractivity contribution < 1.29 is 9.59 Å². The number of nitrogens with one attached hydrogen (secondary N) is 3. The van der Waals surface area contributed by atoms with Gasteiger partial charge in [0.2, 0.25) is 11.8 Å². The molecule has 0 bridgehead atoms. The van der Waals surface area contributed by atoms with Gasteiger partial charge in [0, 0.05) is 22.9 Å². The van der Waals surface area contributed by atoms with E-state index < -0.39 is 17.4 Å². The molecule has 0 saturated carbocycles. The van der Waals surface area contributed by atoms with Crippen LogP contribution in [0.2, 0.25) is 5.02 Å². The monoisotopic (exact) mass is 454 g/mol. The van der Waals surface area contributed by atoms with Crippen LogP contribution in [0.25, 0.3) is 0 Å². The molecule has 4 rings (SSSR count). The predicted molar refractivity (Wildman–Crippen MR) is 122 cm³/mol.